The van der Waals surface area contributed by atoms with Crippen LogP contribution in [0.25, 0.3) is 0 Å². The number of methoxy groups -OCH3 is 1. The minimum atomic E-state index is 0.0137. The standard InChI is InChI=1S/C14H15BrN2O2/c1-19-13-3-2-11(8-12(13)15)14(18)17-6-4-10(9-16)5-7-17/h2-3,8,10H,4-7H2,1H3. The number of hydrogen-bond donors (Lipinski definition) is 0. The van der Waals surface area contributed by atoms with Gasteiger partial charge in [0.1, 0.15) is 5.75 Å². The Balaban J connectivity index is 2.08. The van der Waals surface area contributed by atoms with Gasteiger partial charge in [0.25, 0.3) is 5.91 Å². The van der Waals surface area contributed by atoms with Gasteiger partial charge < -0.3 is 9.64 Å². The molecule has 0 aliphatic carbocycles. The second-order valence-electron chi connectivity index (χ2n) is 4.54. The van der Waals surface area contributed by atoms with Crippen LogP contribution in [-0.4, -0.2) is 31.0 Å². The molecule has 4 nitrogen and oxygen atoms in total. The van der Waals surface area contributed by atoms with Crippen LogP contribution in [0.1, 0.15) is 23.2 Å². The lowest BCUT2D eigenvalue weighted by Crippen LogP contribution is -2.38. The molecule has 0 aromatic heterocycles. The molecule has 0 bridgehead atoms. The van der Waals surface area contributed by atoms with E-state index >= 15 is 0 Å². The molecule has 1 fully saturated rings. The van der Waals surface area contributed by atoms with Gasteiger partial charge in [-0.2, -0.15) is 5.26 Å². The number of ether oxygens (including phenoxy) is 1. The number of nitriles is 1. The highest BCUT2D eigenvalue weighted by atomic mass is 79.9. The number of likely N-dealkylation sites (tertiary alicyclic amines) is 1. The topological polar surface area (TPSA) is 53.3 Å². The number of rotatable bonds is 2. The first-order valence-corrected chi connectivity index (χ1v) is 6.97. The number of hydrogen-bond acceptors (Lipinski definition) is 3. The van der Waals surface area contributed by atoms with E-state index < -0.39 is 0 Å². The van der Waals surface area contributed by atoms with Crippen LogP contribution in [-0.2, 0) is 0 Å². The zero-order valence-corrected chi connectivity index (χ0v) is 12.3. The quantitative estimate of drug-likeness (QED) is 0.841. The van der Waals surface area contributed by atoms with E-state index in [0.29, 0.717) is 24.4 Å². The molecule has 1 aromatic rings. The number of halogens is 1. The van der Waals surface area contributed by atoms with Gasteiger partial charge in [0.2, 0.25) is 0 Å². The Kier molecular flexibility index (Phi) is 4.43. The highest BCUT2D eigenvalue weighted by Crippen LogP contribution is 2.27. The molecule has 5 heteroatoms. The van der Waals surface area contributed by atoms with Crippen LogP contribution in [0.5, 0.6) is 5.75 Å². The summed E-state index contributed by atoms with van der Waals surface area (Å²) in [5.74, 6) is 0.811. The van der Waals surface area contributed by atoms with Gasteiger partial charge in [0, 0.05) is 24.6 Å². The third kappa shape index (κ3) is 3.07. The van der Waals surface area contributed by atoms with Crippen LogP contribution in [0.4, 0.5) is 0 Å². The Morgan fingerprint density at radius 3 is 2.68 bits per heavy atom. The van der Waals surface area contributed by atoms with E-state index in [0.717, 1.165) is 17.3 Å². The summed E-state index contributed by atoms with van der Waals surface area (Å²) >= 11 is 3.38. The normalized spacial score (nSPS) is 15.9. The molecule has 0 saturated carbocycles. The zero-order chi connectivity index (χ0) is 13.8. The fourth-order valence-electron chi connectivity index (χ4n) is 2.19. The molecule has 0 unspecified atom stereocenters. The summed E-state index contributed by atoms with van der Waals surface area (Å²) in [4.78, 5) is 14.1. The highest BCUT2D eigenvalue weighted by molar-refractivity contribution is 9.10. The molecular formula is C14H15BrN2O2. The minimum Gasteiger partial charge on any atom is -0.496 e. The van der Waals surface area contributed by atoms with Crippen molar-refractivity contribution in [2.24, 2.45) is 5.92 Å². The molecule has 2 rings (SSSR count). The number of amides is 1. The van der Waals surface area contributed by atoms with Crippen LogP contribution in [0.15, 0.2) is 22.7 Å². The van der Waals surface area contributed by atoms with Crippen molar-refractivity contribution in [2.75, 3.05) is 20.2 Å². The number of carbonyl (C=O) groups is 1. The highest BCUT2D eigenvalue weighted by Gasteiger charge is 2.23. The second kappa shape index (κ2) is 6.07. The molecule has 1 saturated heterocycles. The lowest BCUT2D eigenvalue weighted by molar-refractivity contribution is 0.0707. The Bertz CT molecular complexity index is 517. The molecule has 1 aliphatic heterocycles. The van der Waals surface area contributed by atoms with Crippen molar-refractivity contribution in [3.63, 3.8) is 0 Å². The molecule has 0 N–H and O–H groups in total. The third-order valence-corrected chi connectivity index (χ3v) is 3.98. The first-order valence-electron chi connectivity index (χ1n) is 6.18. The summed E-state index contributed by atoms with van der Waals surface area (Å²) in [6.07, 6.45) is 1.53. The predicted octanol–water partition coefficient (Wildman–Crippen LogP) is 2.83. The van der Waals surface area contributed by atoms with Crippen molar-refractivity contribution in [1.29, 1.82) is 5.26 Å². The van der Waals surface area contributed by atoms with Crippen molar-refractivity contribution >= 4 is 21.8 Å². The fraction of sp³-hybridized carbons (Fsp3) is 0.429. The van der Waals surface area contributed by atoms with Gasteiger partial charge in [-0.15, -0.1) is 0 Å². The number of benzene rings is 1. The van der Waals surface area contributed by atoms with Crippen LogP contribution in [0.2, 0.25) is 0 Å². The monoisotopic (exact) mass is 322 g/mol. The Hall–Kier alpha value is -1.54. The molecule has 0 radical (unpaired) electrons. The van der Waals surface area contributed by atoms with Gasteiger partial charge in [0.15, 0.2) is 0 Å². The lowest BCUT2D eigenvalue weighted by Gasteiger charge is -2.29. The average Bonchev–Trinajstić information content (AvgIpc) is 2.46. The average molecular weight is 323 g/mol. The van der Waals surface area contributed by atoms with E-state index in [9.17, 15) is 4.79 Å². The molecule has 1 aromatic carbocycles. The molecule has 0 atom stereocenters. The summed E-state index contributed by atoms with van der Waals surface area (Å²) in [7, 11) is 1.59. The Labute approximate surface area is 121 Å². The number of carbonyl (C=O) groups excluding carboxylic acids is 1. The Morgan fingerprint density at radius 2 is 2.16 bits per heavy atom. The van der Waals surface area contributed by atoms with Crippen molar-refractivity contribution < 1.29 is 9.53 Å². The maximum atomic E-state index is 12.3. The van der Waals surface area contributed by atoms with Gasteiger partial charge in [-0.25, -0.2) is 0 Å². The van der Waals surface area contributed by atoms with Crippen LogP contribution < -0.4 is 4.74 Å². The number of piperidine rings is 1. The minimum absolute atomic E-state index is 0.0137. The smallest absolute Gasteiger partial charge is 0.253 e. The second-order valence-corrected chi connectivity index (χ2v) is 5.40. The summed E-state index contributed by atoms with van der Waals surface area (Å²) in [6.45, 7) is 1.31. The van der Waals surface area contributed by atoms with Gasteiger partial charge >= 0.3 is 0 Å². The summed E-state index contributed by atoms with van der Waals surface area (Å²) in [5.41, 5.74) is 0.642. The SMILES string of the molecule is COc1ccc(C(=O)N2CCC(C#N)CC2)cc1Br. The molecule has 1 amide bonds. The first kappa shape index (κ1) is 13.9. The van der Waals surface area contributed by atoms with E-state index in [-0.39, 0.29) is 11.8 Å². The van der Waals surface area contributed by atoms with E-state index in [1.54, 1.807) is 25.3 Å². The van der Waals surface area contributed by atoms with E-state index in [4.69, 9.17) is 10.00 Å². The summed E-state index contributed by atoms with van der Waals surface area (Å²) < 4.78 is 5.92. The largest absolute Gasteiger partial charge is 0.496 e. The van der Waals surface area contributed by atoms with Crippen molar-refractivity contribution in [3.8, 4) is 11.8 Å². The third-order valence-electron chi connectivity index (χ3n) is 3.36. The molecule has 19 heavy (non-hydrogen) atoms. The van der Waals surface area contributed by atoms with Crippen molar-refractivity contribution in [3.05, 3.63) is 28.2 Å². The van der Waals surface area contributed by atoms with E-state index in [1.807, 2.05) is 4.90 Å². The molecule has 1 heterocycles. The van der Waals surface area contributed by atoms with E-state index in [1.165, 1.54) is 0 Å². The molecular weight excluding hydrogens is 308 g/mol. The predicted molar refractivity (Wildman–Crippen MR) is 74.9 cm³/mol. The maximum Gasteiger partial charge on any atom is 0.253 e. The maximum absolute atomic E-state index is 12.3. The fourth-order valence-corrected chi connectivity index (χ4v) is 2.73. The molecule has 1 aliphatic rings. The Morgan fingerprint density at radius 1 is 1.47 bits per heavy atom. The van der Waals surface area contributed by atoms with Crippen LogP contribution in [0, 0.1) is 17.2 Å². The lowest BCUT2D eigenvalue weighted by atomic mass is 9.98. The number of nitrogens with zero attached hydrogens (tertiary/aromatic N) is 2. The van der Waals surface area contributed by atoms with Gasteiger partial charge in [-0.05, 0) is 47.0 Å². The van der Waals surface area contributed by atoms with Gasteiger partial charge in [-0.3, -0.25) is 4.79 Å². The zero-order valence-electron chi connectivity index (χ0n) is 10.7. The van der Waals surface area contributed by atoms with Crippen LogP contribution in [0.3, 0.4) is 0 Å². The first-order chi connectivity index (χ1) is 9.15. The van der Waals surface area contributed by atoms with Gasteiger partial charge in [-0.1, -0.05) is 0 Å². The van der Waals surface area contributed by atoms with E-state index in [2.05, 4.69) is 22.0 Å². The van der Waals surface area contributed by atoms with Crippen molar-refractivity contribution in [1.82, 2.24) is 4.90 Å². The van der Waals surface area contributed by atoms with Crippen molar-refractivity contribution in [2.45, 2.75) is 12.8 Å². The molecule has 0 spiro atoms. The molecule has 100 valence electrons. The van der Waals surface area contributed by atoms with Crippen LogP contribution >= 0.6 is 15.9 Å². The summed E-state index contributed by atoms with van der Waals surface area (Å²) in [6, 6.07) is 7.58. The van der Waals surface area contributed by atoms with Gasteiger partial charge in [0.05, 0.1) is 17.7 Å². The summed E-state index contributed by atoms with van der Waals surface area (Å²) in [5, 5.41) is 8.85.